The molecule has 0 aliphatic carbocycles. The van der Waals surface area contributed by atoms with Crippen LogP contribution in [-0.2, 0) is 22.7 Å². The van der Waals surface area contributed by atoms with E-state index in [0.29, 0.717) is 13.0 Å². The number of halogens is 1. The summed E-state index contributed by atoms with van der Waals surface area (Å²) in [4.78, 5) is 28.9. The van der Waals surface area contributed by atoms with Crippen molar-refractivity contribution in [3.8, 4) is 5.75 Å². The van der Waals surface area contributed by atoms with Crippen LogP contribution in [0.4, 0.5) is 0 Å². The molecule has 1 unspecified atom stereocenters. The highest BCUT2D eigenvalue weighted by Gasteiger charge is 2.28. The van der Waals surface area contributed by atoms with Gasteiger partial charge in [-0.3, -0.25) is 14.5 Å². The molecule has 2 fully saturated rings. The molecule has 0 saturated carbocycles. The van der Waals surface area contributed by atoms with E-state index in [1.165, 1.54) is 5.56 Å². The zero-order valence-electron chi connectivity index (χ0n) is 21.7. The minimum atomic E-state index is -0.365. The summed E-state index contributed by atoms with van der Waals surface area (Å²) in [7, 11) is 0. The lowest BCUT2D eigenvalue weighted by Gasteiger charge is -2.32. The maximum Gasteiger partial charge on any atom is 0.223 e. The Balaban J connectivity index is 1.32. The average Bonchev–Trinajstić information content (AvgIpc) is 3.40. The molecule has 2 aromatic rings. The fraction of sp³-hybridized carbons (Fsp3) is 0.517. The molecule has 8 heteroatoms. The van der Waals surface area contributed by atoms with Gasteiger partial charge in [-0.15, -0.1) is 0 Å². The number of nitrogens with two attached hydrogens (primary N) is 1. The second kappa shape index (κ2) is 13.4. The van der Waals surface area contributed by atoms with E-state index in [9.17, 15) is 9.59 Å². The number of hydrogen-bond acceptors (Lipinski definition) is 5. The van der Waals surface area contributed by atoms with Gasteiger partial charge in [-0.1, -0.05) is 43.3 Å². The van der Waals surface area contributed by atoms with Crippen LogP contribution in [0.15, 0.2) is 53.0 Å². The van der Waals surface area contributed by atoms with E-state index >= 15 is 0 Å². The number of benzene rings is 2. The van der Waals surface area contributed by atoms with Gasteiger partial charge < -0.3 is 20.7 Å². The molecule has 2 aromatic carbocycles. The van der Waals surface area contributed by atoms with Gasteiger partial charge in [-0.05, 0) is 70.9 Å². The molecule has 2 atom stereocenters. The molecule has 7 nitrogen and oxygen atoms in total. The third-order valence-electron chi connectivity index (χ3n) is 7.29. The molecule has 0 spiro atoms. The fourth-order valence-electron chi connectivity index (χ4n) is 5.30. The van der Waals surface area contributed by atoms with Crippen LogP contribution < -0.4 is 15.8 Å². The highest BCUT2D eigenvalue weighted by molar-refractivity contribution is 9.10. The summed E-state index contributed by atoms with van der Waals surface area (Å²) < 4.78 is 7.29. The van der Waals surface area contributed by atoms with Gasteiger partial charge in [-0.2, -0.15) is 0 Å². The van der Waals surface area contributed by atoms with Crippen LogP contribution in [0.2, 0.25) is 0 Å². The molecular weight excluding hydrogens is 532 g/mol. The second-order valence-corrected chi connectivity index (χ2v) is 11.3. The van der Waals surface area contributed by atoms with Gasteiger partial charge in [0.2, 0.25) is 11.8 Å². The first-order valence-electron chi connectivity index (χ1n) is 13.4. The minimum absolute atomic E-state index is 0.0662. The second-order valence-electron chi connectivity index (χ2n) is 10.5. The van der Waals surface area contributed by atoms with Gasteiger partial charge in [0.25, 0.3) is 0 Å². The molecule has 0 radical (unpaired) electrons. The standard InChI is InChI=1S/C29H39BrN4O3/c1-21(15-28(31)35)16-29(36)34(24-9-12-32-18-24)20-23-7-8-27(26(30)17-23)37-25-10-13-33(14-11-25)19-22-5-3-2-4-6-22/h2-8,17,21,24-25,32H,9-16,18-20H2,1H3,(H2,31,35)/t21-,24?/m0/s1. The highest BCUT2D eigenvalue weighted by Crippen LogP contribution is 2.30. The van der Waals surface area contributed by atoms with Crippen LogP contribution >= 0.6 is 15.9 Å². The Morgan fingerprint density at radius 2 is 1.86 bits per heavy atom. The quantitative estimate of drug-likeness (QED) is 0.425. The van der Waals surface area contributed by atoms with Crippen molar-refractivity contribution < 1.29 is 14.3 Å². The lowest BCUT2D eigenvalue weighted by molar-refractivity contribution is -0.135. The van der Waals surface area contributed by atoms with Crippen LogP contribution in [0.25, 0.3) is 0 Å². The smallest absolute Gasteiger partial charge is 0.223 e. The van der Waals surface area contributed by atoms with E-state index in [1.807, 2.05) is 17.9 Å². The molecular formula is C29H39BrN4O3. The topological polar surface area (TPSA) is 87.9 Å². The molecule has 200 valence electrons. The number of amides is 2. The highest BCUT2D eigenvalue weighted by atomic mass is 79.9. The third kappa shape index (κ3) is 8.28. The normalized spacial score (nSPS) is 19.5. The summed E-state index contributed by atoms with van der Waals surface area (Å²) in [6, 6.07) is 16.9. The van der Waals surface area contributed by atoms with Crippen molar-refractivity contribution in [3.05, 3.63) is 64.1 Å². The monoisotopic (exact) mass is 570 g/mol. The summed E-state index contributed by atoms with van der Waals surface area (Å²) in [5.41, 5.74) is 7.74. The molecule has 2 aliphatic heterocycles. The first-order valence-corrected chi connectivity index (χ1v) is 14.2. The molecule has 2 saturated heterocycles. The molecule has 2 aliphatic rings. The number of hydrogen-bond donors (Lipinski definition) is 2. The van der Waals surface area contributed by atoms with Gasteiger partial charge in [0.05, 0.1) is 4.47 Å². The zero-order chi connectivity index (χ0) is 26.2. The number of rotatable bonds is 11. The molecule has 2 amide bonds. The Morgan fingerprint density at radius 1 is 1.11 bits per heavy atom. The summed E-state index contributed by atoms with van der Waals surface area (Å²) >= 11 is 3.71. The largest absolute Gasteiger partial charge is 0.489 e. The SMILES string of the molecule is C[C@@H](CC(N)=O)CC(=O)N(Cc1ccc(OC2CCN(Cc3ccccc3)CC2)c(Br)c1)C1CCNC1. The van der Waals surface area contributed by atoms with Crippen molar-refractivity contribution in [2.45, 2.75) is 64.3 Å². The molecule has 4 rings (SSSR count). The maximum atomic E-state index is 13.2. The van der Waals surface area contributed by atoms with E-state index in [1.54, 1.807) is 0 Å². The average molecular weight is 572 g/mol. The van der Waals surface area contributed by atoms with Crippen LogP contribution in [0.5, 0.6) is 5.75 Å². The summed E-state index contributed by atoms with van der Waals surface area (Å²) in [5, 5.41) is 3.36. The van der Waals surface area contributed by atoms with Crippen molar-refractivity contribution in [2.24, 2.45) is 11.7 Å². The number of nitrogens with zero attached hydrogens (tertiary/aromatic N) is 2. The summed E-state index contributed by atoms with van der Waals surface area (Å²) in [6.45, 7) is 7.17. The van der Waals surface area contributed by atoms with Crippen molar-refractivity contribution >= 4 is 27.7 Å². The fourth-order valence-corrected chi connectivity index (χ4v) is 5.82. The Morgan fingerprint density at radius 3 is 2.51 bits per heavy atom. The van der Waals surface area contributed by atoms with E-state index in [2.05, 4.69) is 68.6 Å². The van der Waals surface area contributed by atoms with E-state index in [4.69, 9.17) is 10.5 Å². The maximum absolute atomic E-state index is 13.2. The van der Waals surface area contributed by atoms with Crippen molar-refractivity contribution in [2.75, 3.05) is 26.2 Å². The molecule has 0 aromatic heterocycles. The Hall–Kier alpha value is -2.42. The zero-order valence-corrected chi connectivity index (χ0v) is 23.3. The van der Waals surface area contributed by atoms with Crippen molar-refractivity contribution in [1.29, 1.82) is 0 Å². The first-order chi connectivity index (χ1) is 17.9. The number of ether oxygens (including phenoxy) is 1. The Labute approximate surface area is 228 Å². The Bertz CT molecular complexity index is 1040. The molecule has 0 bridgehead atoms. The van der Waals surface area contributed by atoms with Gasteiger partial charge >= 0.3 is 0 Å². The van der Waals surface area contributed by atoms with E-state index < -0.39 is 0 Å². The number of carbonyl (C=O) groups excluding carboxylic acids is 2. The number of carbonyl (C=O) groups is 2. The predicted molar refractivity (Wildman–Crippen MR) is 149 cm³/mol. The van der Waals surface area contributed by atoms with Gasteiger partial charge in [-0.25, -0.2) is 0 Å². The molecule has 2 heterocycles. The van der Waals surface area contributed by atoms with Crippen LogP contribution in [-0.4, -0.2) is 59.9 Å². The lowest BCUT2D eigenvalue weighted by Crippen LogP contribution is -2.41. The van der Waals surface area contributed by atoms with Gasteiger partial charge in [0.15, 0.2) is 0 Å². The van der Waals surface area contributed by atoms with Gasteiger partial charge in [0.1, 0.15) is 11.9 Å². The number of primary amides is 1. The van der Waals surface area contributed by atoms with Crippen LogP contribution in [0.3, 0.4) is 0 Å². The molecule has 37 heavy (non-hydrogen) atoms. The van der Waals surface area contributed by atoms with Gasteiger partial charge in [0, 0.05) is 51.6 Å². The Kier molecular flexibility index (Phi) is 10.00. The van der Waals surface area contributed by atoms with Crippen LogP contribution in [0, 0.1) is 5.92 Å². The summed E-state index contributed by atoms with van der Waals surface area (Å²) in [6.07, 6.45) is 3.68. The number of nitrogens with one attached hydrogen (secondary N) is 1. The first kappa shape index (κ1) is 27.6. The van der Waals surface area contributed by atoms with Crippen LogP contribution in [0.1, 0.15) is 50.2 Å². The van der Waals surface area contributed by atoms with E-state index in [-0.39, 0.29) is 36.3 Å². The molecule has 3 N–H and O–H groups in total. The lowest BCUT2D eigenvalue weighted by atomic mass is 10.0. The minimum Gasteiger partial charge on any atom is -0.489 e. The number of piperidine rings is 1. The summed E-state index contributed by atoms with van der Waals surface area (Å²) in [5.74, 6) is 0.487. The van der Waals surface area contributed by atoms with E-state index in [0.717, 1.165) is 67.8 Å². The third-order valence-corrected chi connectivity index (χ3v) is 7.91. The van der Waals surface area contributed by atoms with Crippen molar-refractivity contribution in [1.82, 2.24) is 15.1 Å². The van der Waals surface area contributed by atoms with Crippen molar-refractivity contribution in [3.63, 3.8) is 0 Å². The predicted octanol–water partition coefficient (Wildman–Crippen LogP) is 4.08. The number of likely N-dealkylation sites (tertiary alicyclic amines) is 1.